The Balaban J connectivity index is 2.01. The number of nitrogens with zero attached hydrogens (tertiary/aromatic N) is 1. The number of esters is 2. The monoisotopic (exact) mass is 473 g/mol. The average molecular weight is 474 g/mol. The summed E-state index contributed by atoms with van der Waals surface area (Å²) in [5.74, 6) is -0.746. The van der Waals surface area contributed by atoms with E-state index in [9.17, 15) is 14.7 Å². The lowest BCUT2D eigenvalue weighted by molar-refractivity contribution is -0.138. The Kier molecular flexibility index (Phi) is 7.61. The molecule has 0 fully saturated rings. The van der Waals surface area contributed by atoms with Crippen LogP contribution < -0.4 is 9.47 Å². The fraction of sp³-hybridized carbons (Fsp3) is 0.174. The highest BCUT2D eigenvalue weighted by atomic mass is 35.5. The summed E-state index contributed by atoms with van der Waals surface area (Å²) in [6, 6.07) is 11.7. The molecule has 9 heteroatoms. The molecule has 0 aromatic heterocycles. The van der Waals surface area contributed by atoms with Crippen LogP contribution >= 0.6 is 23.4 Å². The summed E-state index contributed by atoms with van der Waals surface area (Å²) in [5, 5.41) is 11.6. The number of hydrogen-bond acceptors (Lipinski definition) is 8. The minimum Gasteiger partial charge on any atom is -0.506 e. The lowest BCUT2D eigenvalue weighted by atomic mass is 10.1. The maximum atomic E-state index is 12.5. The number of aliphatic imine (C=N–C) groups is 1. The molecule has 0 saturated carbocycles. The summed E-state index contributed by atoms with van der Waals surface area (Å²) in [5.41, 5.74) is 1.21. The van der Waals surface area contributed by atoms with Gasteiger partial charge in [0.25, 0.3) is 0 Å². The summed E-state index contributed by atoms with van der Waals surface area (Å²) >= 11 is 7.06. The first-order valence-electron chi connectivity index (χ1n) is 9.53. The lowest BCUT2D eigenvalue weighted by Gasteiger charge is -2.08. The van der Waals surface area contributed by atoms with E-state index in [2.05, 4.69) is 4.99 Å². The average Bonchev–Trinajstić information content (AvgIpc) is 3.05. The number of aliphatic hydroxyl groups is 1. The number of methoxy groups -OCH3 is 1. The molecular weight excluding hydrogens is 454 g/mol. The number of hydrogen-bond donors (Lipinski definition) is 1. The molecule has 1 aliphatic heterocycles. The van der Waals surface area contributed by atoms with Crippen LogP contribution in [-0.2, 0) is 14.3 Å². The third-order valence-corrected chi connectivity index (χ3v) is 5.44. The minimum absolute atomic E-state index is 0.0125. The Hall–Kier alpha value is -3.23. The Morgan fingerprint density at radius 3 is 2.50 bits per heavy atom. The molecule has 2 aromatic rings. The number of aliphatic hydroxyl groups excluding tert-OH is 1. The fourth-order valence-corrected chi connectivity index (χ4v) is 3.95. The van der Waals surface area contributed by atoms with Crippen molar-refractivity contribution in [3.8, 4) is 11.5 Å². The van der Waals surface area contributed by atoms with E-state index < -0.39 is 11.9 Å². The van der Waals surface area contributed by atoms with Gasteiger partial charge in [-0.05, 0) is 55.0 Å². The van der Waals surface area contributed by atoms with Gasteiger partial charge in [0.2, 0.25) is 0 Å². The van der Waals surface area contributed by atoms with Gasteiger partial charge in [-0.25, -0.2) is 9.79 Å². The molecule has 0 aliphatic carbocycles. The molecule has 1 N–H and O–H groups in total. The van der Waals surface area contributed by atoms with E-state index in [1.807, 2.05) is 0 Å². The summed E-state index contributed by atoms with van der Waals surface area (Å²) in [6.07, 6.45) is 1.67. The Morgan fingerprint density at radius 2 is 1.88 bits per heavy atom. The van der Waals surface area contributed by atoms with Gasteiger partial charge in [-0.15, -0.1) is 0 Å². The Labute approximate surface area is 194 Å². The lowest BCUT2D eigenvalue weighted by Crippen LogP contribution is -2.12. The van der Waals surface area contributed by atoms with Crippen molar-refractivity contribution in [2.45, 2.75) is 13.8 Å². The van der Waals surface area contributed by atoms with Crippen LogP contribution in [0.15, 0.2) is 63.7 Å². The second-order valence-electron chi connectivity index (χ2n) is 6.45. The highest BCUT2D eigenvalue weighted by molar-refractivity contribution is 8.18. The van der Waals surface area contributed by atoms with E-state index in [1.165, 1.54) is 14.0 Å². The number of thioether (sulfide) groups is 1. The SMILES string of the molecule is CCOC(=O)C1=C(O)/C(=C/c2ccc(OC(C)=O)c(OC)c2)SC1=Nc1ccc(Cl)cc1. The number of rotatable bonds is 6. The number of halogens is 1. The summed E-state index contributed by atoms with van der Waals surface area (Å²) in [7, 11) is 1.46. The van der Waals surface area contributed by atoms with Crippen LogP contribution in [0.4, 0.5) is 5.69 Å². The zero-order valence-corrected chi connectivity index (χ0v) is 19.1. The molecule has 7 nitrogen and oxygen atoms in total. The van der Waals surface area contributed by atoms with Crippen LogP contribution in [0, 0.1) is 0 Å². The predicted molar refractivity (Wildman–Crippen MR) is 125 cm³/mol. The maximum Gasteiger partial charge on any atom is 0.344 e. The van der Waals surface area contributed by atoms with Crippen LogP contribution in [0.3, 0.4) is 0 Å². The molecule has 166 valence electrons. The van der Waals surface area contributed by atoms with Gasteiger partial charge < -0.3 is 19.3 Å². The van der Waals surface area contributed by atoms with Gasteiger partial charge in [0.1, 0.15) is 16.4 Å². The van der Waals surface area contributed by atoms with Crippen molar-refractivity contribution < 1.29 is 28.9 Å². The van der Waals surface area contributed by atoms with Gasteiger partial charge >= 0.3 is 11.9 Å². The smallest absolute Gasteiger partial charge is 0.344 e. The van der Waals surface area contributed by atoms with Crippen molar-refractivity contribution in [1.82, 2.24) is 0 Å². The quantitative estimate of drug-likeness (QED) is 0.439. The number of carbonyl (C=O) groups excluding carboxylic acids is 2. The van der Waals surface area contributed by atoms with Gasteiger partial charge in [-0.1, -0.05) is 29.4 Å². The van der Waals surface area contributed by atoms with E-state index in [1.54, 1.807) is 55.5 Å². The first-order chi connectivity index (χ1) is 15.3. The largest absolute Gasteiger partial charge is 0.506 e. The molecule has 32 heavy (non-hydrogen) atoms. The molecular formula is C23H20ClNO6S. The second-order valence-corrected chi connectivity index (χ2v) is 7.92. The molecule has 0 bridgehead atoms. The molecule has 0 unspecified atom stereocenters. The van der Waals surface area contributed by atoms with Crippen LogP contribution in [0.1, 0.15) is 19.4 Å². The van der Waals surface area contributed by atoms with Crippen LogP contribution in [0.5, 0.6) is 11.5 Å². The molecule has 0 amide bonds. The van der Waals surface area contributed by atoms with Crippen molar-refractivity contribution >= 4 is 52.1 Å². The standard InChI is InChI=1S/C23H20ClNO6S/c1-4-30-23(28)20-21(27)19(32-22(20)25-16-8-6-15(24)7-9-16)12-14-5-10-17(31-13(2)26)18(11-14)29-3/h5-12,27H,4H2,1-3H3/b19-12-,25-22?. The molecule has 0 spiro atoms. The highest BCUT2D eigenvalue weighted by Gasteiger charge is 2.33. The van der Waals surface area contributed by atoms with Crippen molar-refractivity contribution in [2.24, 2.45) is 4.99 Å². The molecule has 3 rings (SSSR count). The molecule has 2 aromatic carbocycles. The van der Waals surface area contributed by atoms with Crippen LogP contribution in [-0.4, -0.2) is 35.8 Å². The van der Waals surface area contributed by atoms with Crippen molar-refractivity contribution in [3.05, 3.63) is 69.3 Å². The topological polar surface area (TPSA) is 94.4 Å². The van der Waals surface area contributed by atoms with E-state index in [4.69, 9.17) is 25.8 Å². The van der Waals surface area contributed by atoms with E-state index in [0.717, 1.165) is 11.8 Å². The van der Waals surface area contributed by atoms with E-state index in [0.29, 0.717) is 32.0 Å². The molecule has 0 radical (unpaired) electrons. The molecule has 1 aliphatic rings. The maximum absolute atomic E-state index is 12.5. The van der Waals surface area contributed by atoms with Gasteiger partial charge in [-0.2, -0.15) is 0 Å². The summed E-state index contributed by atoms with van der Waals surface area (Å²) < 4.78 is 15.5. The van der Waals surface area contributed by atoms with Crippen molar-refractivity contribution in [1.29, 1.82) is 0 Å². The van der Waals surface area contributed by atoms with Crippen LogP contribution in [0.25, 0.3) is 6.08 Å². The van der Waals surface area contributed by atoms with Gasteiger partial charge in [0.05, 0.1) is 24.3 Å². The van der Waals surface area contributed by atoms with Gasteiger partial charge in [0, 0.05) is 11.9 Å². The van der Waals surface area contributed by atoms with E-state index >= 15 is 0 Å². The van der Waals surface area contributed by atoms with Gasteiger partial charge in [0.15, 0.2) is 11.5 Å². The summed E-state index contributed by atoms with van der Waals surface area (Å²) in [4.78, 5) is 28.6. The molecule has 1 heterocycles. The highest BCUT2D eigenvalue weighted by Crippen LogP contribution is 2.41. The number of ether oxygens (including phenoxy) is 3. The first kappa shape index (κ1) is 23.4. The van der Waals surface area contributed by atoms with Gasteiger partial charge in [-0.3, -0.25) is 4.79 Å². The normalized spacial score (nSPS) is 15.9. The van der Waals surface area contributed by atoms with E-state index in [-0.39, 0.29) is 23.7 Å². The minimum atomic E-state index is -0.670. The van der Waals surface area contributed by atoms with Crippen LogP contribution in [0.2, 0.25) is 5.02 Å². The zero-order chi connectivity index (χ0) is 23.3. The number of carbonyl (C=O) groups is 2. The molecule has 0 atom stereocenters. The Bertz CT molecular complexity index is 1140. The number of benzene rings is 2. The third-order valence-electron chi connectivity index (χ3n) is 4.17. The Morgan fingerprint density at radius 1 is 1.16 bits per heavy atom. The predicted octanol–water partition coefficient (Wildman–Crippen LogP) is 5.47. The van der Waals surface area contributed by atoms with Crippen molar-refractivity contribution in [3.63, 3.8) is 0 Å². The fourth-order valence-electron chi connectivity index (χ4n) is 2.79. The zero-order valence-electron chi connectivity index (χ0n) is 17.5. The first-order valence-corrected chi connectivity index (χ1v) is 10.7. The third kappa shape index (κ3) is 5.52. The second kappa shape index (κ2) is 10.4. The summed E-state index contributed by atoms with van der Waals surface area (Å²) in [6.45, 7) is 3.13. The molecule has 0 saturated heterocycles. The van der Waals surface area contributed by atoms with Crippen molar-refractivity contribution in [2.75, 3.05) is 13.7 Å².